The number of benzene rings is 1. The molecule has 2 aliphatic rings. The molecule has 1 saturated heterocycles. The van der Waals surface area contributed by atoms with Crippen molar-refractivity contribution in [2.75, 3.05) is 0 Å². The van der Waals surface area contributed by atoms with E-state index in [-0.39, 0.29) is 11.9 Å². The Kier molecular flexibility index (Phi) is 4.32. The van der Waals surface area contributed by atoms with E-state index in [0.717, 1.165) is 24.8 Å². The molecule has 0 aromatic heterocycles. The molecule has 1 aromatic rings. The maximum absolute atomic E-state index is 12.6. The van der Waals surface area contributed by atoms with E-state index in [1.54, 1.807) is 38.1 Å². The van der Waals surface area contributed by atoms with Gasteiger partial charge in [-0.25, -0.2) is 8.42 Å². The van der Waals surface area contributed by atoms with E-state index < -0.39 is 15.1 Å². The summed E-state index contributed by atoms with van der Waals surface area (Å²) in [6.45, 7) is 3.35. The predicted octanol–water partition coefficient (Wildman–Crippen LogP) is 2.73. The van der Waals surface area contributed by atoms with Crippen molar-refractivity contribution in [2.45, 2.75) is 61.8 Å². The number of hydrogen-bond acceptors (Lipinski definition) is 3. The van der Waals surface area contributed by atoms with E-state index in [1.165, 1.54) is 0 Å². The van der Waals surface area contributed by atoms with Gasteiger partial charge >= 0.3 is 0 Å². The van der Waals surface area contributed by atoms with Crippen LogP contribution in [-0.4, -0.2) is 36.6 Å². The number of carbonyl (C=O) groups excluding carboxylic acids is 1. The summed E-state index contributed by atoms with van der Waals surface area (Å²) >= 11 is 0. The van der Waals surface area contributed by atoms with Gasteiger partial charge in [-0.1, -0.05) is 24.3 Å². The molecule has 2 bridgehead atoms. The minimum absolute atomic E-state index is 0.140. The molecule has 2 unspecified atom stereocenters. The third-order valence-electron chi connectivity index (χ3n) is 4.83. The zero-order valence-electron chi connectivity index (χ0n) is 13.6. The van der Waals surface area contributed by atoms with Gasteiger partial charge in [0.15, 0.2) is 9.84 Å². The molecule has 1 aromatic carbocycles. The Morgan fingerprint density at radius 1 is 1.22 bits per heavy atom. The summed E-state index contributed by atoms with van der Waals surface area (Å²) in [6, 6.07) is 7.34. The van der Waals surface area contributed by atoms with Gasteiger partial charge in [-0.05, 0) is 50.8 Å². The quantitative estimate of drug-likeness (QED) is 0.796. The molecule has 0 aliphatic carbocycles. The standard InChI is InChI=1S/C18H23NO3S/c1-13(2)23(21,22)17-10-6-14(7-11-17)12-18(20)19-15-4-3-5-16(19)9-8-15/h3-4,6-7,10-11,13,15-16H,5,8-9,12H2,1-2H3. The summed E-state index contributed by atoms with van der Waals surface area (Å²) in [5, 5.41) is -0.439. The first kappa shape index (κ1) is 16.2. The molecular formula is C18H23NO3S. The zero-order valence-corrected chi connectivity index (χ0v) is 14.4. The van der Waals surface area contributed by atoms with Crippen molar-refractivity contribution in [1.82, 2.24) is 4.90 Å². The lowest BCUT2D eigenvalue weighted by Gasteiger charge is -2.31. The summed E-state index contributed by atoms with van der Waals surface area (Å²) in [6.07, 6.45) is 7.74. The fraction of sp³-hybridized carbons (Fsp3) is 0.500. The molecule has 23 heavy (non-hydrogen) atoms. The summed E-state index contributed by atoms with van der Waals surface area (Å²) in [5.74, 6) is 0.140. The van der Waals surface area contributed by atoms with Gasteiger partial charge < -0.3 is 4.90 Å². The summed E-state index contributed by atoms with van der Waals surface area (Å²) in [5.41, 5.74) is 0.867. The van der Waals surface area contributed by atoms with Crippen LogP contribution in [0.2, 0.25) is 0 Å². The van der Waals surface area contributed by atoms with Gasteiger partial charge in [-0.3, -0.25) is 4.79 Å². The van der Waals surface area contributed by atoms with Crippen LogP contribution >= 0.6 is 0 Å². The van der Waals surface area contributed by atoms with Crippen LogP contribution in [0.1, 0.15) is 38.7 Å². The van der Waals surface area contributed by atoms with Crippen LogP contribution in [0.3, 0.4) is 0 Å². The first-order valence-electron chi connectivity index (χ1n) is 8.20. The maximum Gasteiger partial charge on any atom is 0.227 e. The van der Waals surface area contributed by atoms with Gasteiger partial charge in [0.2, 0.25) is 5.91 Å². The largest absolute Gasteiger partial charge is 0.333 e. The molecule has 1 amide bonds. The van der Waals surface area contributed by atoms with Gasteiger partial charge in [0.25, 0.3) is 0 Å². The monoisotopic (exact) mass is 333 g/mol. The van der Waals surface area contributed by atoms with E-state index in [2.05, 4.69) is 12.2 Å². The summed E-state index contributed by atoms with van der Waals surface area (Å²) < 4.78 is 24.2. The van der Waals surface area contributed by atoms with E-state index in [0.29, 0.717) is 17.4 Å². The van der Waals surface area contributed by atoms with E-state index in [1.807, 2.05) is 4.90 Å². The number of hydrogen-bond donors (Lipinski definition) is 0. The third kappa shape index (κ3) is 3.07. The van der Waals surface area contributed by atoms with E-state index in [4.69, 9.17) is 0 Å². The molecule has 2 heterocycles. The number of nitrogens with zero attached hydrogens (tertiary/aromatic N) is 1. The minimum atomic E-state index is -3.25. The second kappa shape index (κ2) is 6.11. The summed E-state index contributed by atoms with van der Waals surface area (Å²) in [7, 11) is -3.25. The van der Waals surface area contributed by atoms with Crippen LogP contribution in [0.15, 0.2) is 41.3 Å². The highest BCUT2D eigenvalue weighted by Crippen LogP contribution is 2.32. The number of sulfone groups is 1. The topological polar surface area (TPSA) is 54.5 Å². The van der Waals surface area contributed by atoms with Crippen molar-refractivity contribution in [1.29, 1.82) is 0 Å². The van der Waals surface area contributed by atoms with Crippen LogP contribution in [0.5, 0.6) is 0 Å². The Balaban J connectivity index is 1.72. The fourth-order valence-corrected chi connectivity index (χ4v) is 4.51. The van der Waals surface area contributed by atoms with Gasteiger partial charge in [-0.2, -0.15) is 0 Å². The second-order valence-electron chi connectivity index (χ2n) is 6.68. The Bertz CT molecular complexity index is 719. The van der Waals surface area contributed by atoms with E-state index >= 15 is 0 Å². The third-order valence-corrected chi connectivity index (χ3v) is 7.00. The molecule has 3 rings (SSSR count). The number of fused-ring (bicyclic) bond motifs is 2. The van der Waals surface area contributed by atoms with Crippen molar-refractivity contribution < 1.29 is 13.2 Å². The first-order chi connectivity index (χ1) is 10.9. The van der Waals surface area contributed by atoms with Crippen molar-refractivity contribution in [2.24, 2.45) is 0 Å². The SMILES string of the molecule is CC(C)S(=O)(=O)c1ccc(CC(=O)N2C3C=CCC2CC3)cc1. The molecule has 0 N–H and O–H groups in total. The molecule has 124 valence electrons. The molecule has 1 fully saturated rings. The van der Waals surface area contributed by atoms with Crippen LogP contribution < -0.4 is 0 Å². The highest BCUT2D eigenvalue weighted by atomic mass is 32.2. The number of carbonyl (C=O) groups is 1. The Morgan fingerprint density at radius 3 is 2.52 bits per heavy atom. The highest BCUT2D eigenvalue weighted by Gasteiger charge is 2.36. The molecule has 0 spiro atoms. The number of rotatable bonds is 4. The highest BCUT2D eigenvalue weighted by molar-refractivity contribution is 7.92. The number of amides is 1. The average Bonchev–Trinajstić information content (AvgIpc) is 2.77. The van der Waals surface area contributed by atoms with Gasteiger partial charge in [0, 0.05) is 6.04 Å². The molecule has 0 radical (unpaired) electrons. The van der Waals surface area contributed by atoms with Crippen LogP contribution in [0, 0.1) is 0 Å². The van der Waals surface area contributed by atoms with Crippen molar-refractivity contribution in [3.8, 4) is 0 Å². The van der Waals surface area contributed by atoms with Gasteiger partial charge in [0.1, 0.15) is 0 Å². The average molecular weight is 333 g/mol. The molecule has 2 atom stereocenters. The minimum Gasteiger partial charge on any atom is -0.333 e. The Morgan fingerprint density at radius 2 is 1.91 bits per heavy atom. The summed E-state index contributed by atoms with van der Waals surface area (Å²) in [4.78, 5) is 14.9. The van der Waals surface area contributed by atoms with Gasteiger partial charge in [0.05, 0.1) is 22.6 Å². The van der Waals surface area contributed by atoms with E-state index in [9.17, 15) is 13.2 Å². The predicted molar refractivity (Wildman–Crippen MR) is 89.9 cm³/mol. The van der Waals surface area contributed by atoms with Crippen molar-refractivity contribution in [3.63, 3.8) is 0 Å². The van der Waals surface area contributed by atoms with Crippen molar-refractivity contribution >= 4 is 15.7 Å². The van der Waals surface area contributed by atoms with Crippen LogP contribution in [-0.2, 0) is 21.1 Å². The molecule has 4 nitrogen and oxygen atoms in total. The van der Waals surface area contributed by atoms with Crippen molar-refractivity contribution in [3.05, 3.63) is 42.0 Å². The molecule has 2 aliphatic heterocycles. The lowest BCUT2D eigenvalue weighted by molar-refractivity contribution is -0.132. The lowest BCUT2D eigenvalue weighted by Crippen LogP contribution is -2.42. The molecule has 5 heteroatoms. The smallest absolute Gasteiger partial charge is 0.227 e. The Labute approximate surface area is 138 Å². The van der Waals surface area contributed by atoms with Crippen LogP contribution in [0.4, 0.5) is 0 Å². The fourth-order valence-electron chi connectivity index (χ4n) is 3.45. The lowest BCUT2D eigenvalue weighted by atomic mass is 10.1. The zero-order chi connectivity index (χ0) is 16.6. The molecule has 0 saturated carbocycles. The Hall–Kier alpha value is -1.62. The maximum atomic E-state index is 12.6. The first-order valence-corrected chi connectivity index (χ1v) is 9.75. The second-order valence-corrected chi connectivity index (χ2v) is 9.18. The molecular weight excluding hydrogens is 310 g/mol. The normalized spacial score (nSPS) is 23.5. The van der Waals surface area contributed by atoms with Crippen LogP contribution in [0.25, 0.3) is 0 Å². The van der Waals surface area contributed by atoms with Gasteiger partial charge in [-0.15, -0.1) is 0 Å².